The highest BCUT2D eigenvalue weighted by molar-refractivity contribution is 5.89. The standard InChI is InChI=1S/C15H20F2N2O4/c1-8(7-18-14(22)23-15(2,3)4)19-12-5-9(13(20)21)10(16)6-11(12)17/h5-6,8,19H,7H2,1-4H3,(H,18,22)(H,20,21). The quantitative estimate of drug-likeness (QED) is 0.772. The number of nitrogens with one attached hydrogen (secondary N) is 2. The normalized spacial score (nSPS) is 12.4. The molecule has 1 aromatic rings. The van der Waals surface area contributed by atoms with Crippen molar-refractivity contribution in [2.45, 2.75) is 39.3 Å². The van der Waals surface area contributed by atoms with Crippen molar-refractivity contribution in [1.29, 1.82) is 0 Å². The summed E-state index contributed by atoms with van der Waals surface area (Å²) < 4.78 is 32.0. The van der Waals surface area contributed by atoms with Gasteiger partial charge in [-0.2, -0.15) is 0 Å². The van der Waals surface area contributed by atoms with E-state index in [1.54, 1.807) is 27.7 Å². The highest BCUT2D eigenvalue weighted by atomic mass is 19.1. The minimum Gasteiger partial charge on any atom is -0.478 e. The molecule has 1 unspecified atom stereocenters. The van der Waals surface area contributed by atoms with E-state index in [4.69, 9.17) is 9.84 Å². The first-order valence-electron chi connectivity index (χ1n) is 6.95. The molecule has 0 bridgehead atoms. The number of amides is 1. The second-order valence-electron chi connectivity index (χ2n) is 6.05. The molecule has 0 aromatic heterocycles. The lowest BCUT2D eigenvalue weighted by molar-refractivity contribution is 0.0525. The van der Waals surface area contributed by atoms with Gasteiger partial charge in [-0.3, -0.25) is 0 Å². The van der Waals surface area contributed by atoms with E-state index < -0.39 is 40.9 Å². The van der Waals surface area contributed by atoms with Gasteiger partial charge in [-0.1, -0.05) is 0 Å². The fourth-order valence-electron chi connectivity index (χ4n) is 1.69. The number of carboxylic acid groups (broad SMARTS) is 1. The third-order valence-corrected chi connectivity index (χ3v) is 2.64. The highest BCUT2D eigenvalue weighted by Gasteiger charge is 2.18. The number of alkyl carbamates (subject to hydrolysis) is 1. The van der Waals surface area contributed by atoms with E-state index in [-0.39, 0.29) is 12.2 Å². The largest absolute Gasteiger partial charge is 0.478 e. The van der Waals surface area contributed by atoms with E-state index in [1.807, 2.05) is 0 Å². The summed E-state index contributed by atoms with van der Waals surface area (Å²) in [6.45, 7) is 6.90. The fourth-order valence-corrected chi connectivity index (χ4v) is 1.69. The van der Waals surface area contributed by atoms with Crippen molar-refractivity contribution in [2.75, 3.05) is 11.9 Å². The van der Waals surface area contributed by atoms with Crippen LogP contribution in [0.2, 0.25) is 0 Å². The second-order valence-corrected chi connectivity index (χ2v) is 6.05. The highest BCUT2D eigenvalue weighted by Crippen LogP contribution is 2.20. The van der Waals surface area contributed by atoms with Crippen molar-refractivity contribution in [2.24, 2.45) is 0 Å². The molecular formula is C15H20F2N2O4. The number of carbonyl (C=O) groups excluding carboxylic acids is 1. The third kappa shape index (κ3) is 6.09. The maximum Gasteiger partial charge on any atom is 0.407 e. The second kappa shape index (κ2) is 7.26. The van der Waals surface area contributed by atoms with Crippen molar-refractivity contribution in [3.63, 3.8) is 0 Å². The molecule has 0 aliphatic heterocycles. The Morgan fingerprint density at radius 2 is 1.87 bits per heavy atom. The molecule has 23 heavy (non-hydrogen) atoms. The molecule has 0 radical (unpaired) electrons. The molecule has 0 spiro atoms. The predicted molar refractivity (Wildman–Crippen MR) is 80.6 cm³/mol. The van der Waals surface area contributed by atoms with Crippen LogP contribution in [0.5, 0.6) is 0 Å². The van der Waals surface area contributed by atoms with Crippen LogP contribution >= 0.6 is 0 Å². The van der Waals surface area contributed by atoms with Gasteiger partial charge in [-0.05, 0) is 33.8 Å². The number of ether oxygens (including phenoxy) is 1. The zero-order chi connectivity index (χ0) is 17.8. The van der Waals surface area contributed by atoms with Crippen LogP contribution < -0.4 is 10.6 Å². The molecule has 0 fully saturated rings. The lowest BCUT2D eigenvalue weighted by atomic mass is 10.1. The van der Waals surface area contributed by atoms with Gasteiger partial charge in [0.15, 0.2) is 0 Å². The number of hydrogen-bond acceptors (Lipinski definition) is 4. The van der Waals surface area contributed by atoms with Crippen LogP contribution in [0, 0.1) is 11.6 Å². The minimum atomic E-state index is -1.50. The van der Waals surface area contributed by atoms with Gasteiger partial charge in [0.2, 0.25) is 0 Å². The van der Waals surface area contributed by atoms with Crippen LogP contribution in [-0.2, 0) is 4.74 Å². The molecule has 1 atom stereocenters. The molecule has 3 N–H and O–H groups in total. The van der Waals surface area contributed by atoms with Crippen molar-refractivity contribution in [3.8, 4) is 0 Å². The smallest absolute Gasteiger partial charge is 0.407 e. The average molecular weight is 330 g/mol. The zero-order valence-electron chi connectivity index (χ0n) is 13.4. The molecule has 1 rings (SSSR count). The first-order valence-corrected chi connectivity index (χ1v) is 6.95. The molecule has 0 saturated heterocycles. The summed E-state index contributed by atoms with van der Waals surface area (Å²) in [6, 6.07) is 0.931. The summed E-state index contributed by atoms with van der Waals surface area (Å²) >= 11 is 0. The van der Waals surface area contributed by atoms with Crippen LogP contribution in [0.15, 0.2) is 12.1 Å². The zero-order valence-corrected chi connectivity index (χ0v) is 13.4. The number of carboxylic acids is 1. The van der Waals surface area contributed by atoms with Crippen molar-refractivity contribution in [3.05, 3.63) is 29.3 Å². The molecule has 1 amide bonds. The third-order valence-electron chi connectivity index (χ3n) is 2.64. The molecule has 128 valence electrons. The Labute approximate surface area is 132 Å². The molecular weight excluding hydrogens is 310 g/mol. The molecule has 0 aliphatic carbocycles. The molecule has 0 aliphatic rings. The van der Waals surface area contributed by atoms with Gasteiger partial charge < -0.3 is 20.5 Å². The minimum absolute atomic E-state index is 0.105. The van der Waals surface area contributed by atoms with E-state index in [0.717, 1.165) is 6.07 Å². The fraction of sp³-hybridized carbons (Fsp3) is 0.467. The van der Waals surface area contributed by atoms with E-state index in [1.165, 1.54) is 0 Å². The van der Waals surface area contributed by atoms with Gasteiger partial charge in [0.1, 0.15) is 17.2 Å². The first kappa shape index (κ1) is 18.7. The Kier molecular flexibility index (Phi) is 5.89. The summed E-state index contributed by atoms with van der Waals surface area (Å²) in [5, 5.41) is 14.0. The number of benzene rings is 1. The molecule has 0 saturated carbocycles. The summed E-state index contributed by atoms with van der Waals surface area (Å²) in [4.78, 5) is 22.4. The lowest BCUT2D eigenvalue weighted by Crippen LogP contribution is -2.38. The maximum absolute atomic E-state index is 13.7. The monoisotopic (exact) mass is 330 g/mol. The van der Waals surface area contributed by atoms with E-state index in [2.05, 4.69) is 10.6 Å². The number of rotatable bonds is 5. The number of halogens is 2. The Balaban J connectivity index is 2.67. The number of aromatic carboxylic acids is 1. The Hall–Kier alpha value is -2.38. The van der Waals surface area contributed by atoms with Gasteiger partial charge in [0.05, 0.1) is 11.3 Å². The SMILES string of the molecule is CC(CNC(=O)OC(C)(C)C)Nc1cc(C(=O)O)c(F)cc1F. The van der Waals surface area contributed by atoms with E-state index >= 15 is 0 Å². The summed E-state index contributed by atoms with van der Waals surface area (Å²) in [5.41, 5.74) is -1.44. The van der Waals surface area contributed by atoms with Gasteiger partial charge >= 0.3 is 12.1 Å². The summed E-state index contributed by atoms with van der Waals surface area (Å²) in [6.07, 6.45) is -0.628. The van der Waals surface area contributed by atoms with Crippen molar-refractivity contribution < 1.29 is 28.2 Å². The first-order chi connectivity index (χ1) is 10.5. The Morgan fingerprint density at radius 3 is 2.39 bits per heavy atom. The van der Waals surface area contributed by atoms with Crippen LogP contribution in [0.25, 0.3) is 0 Å². The van der Waals surface area contributed by atoms with Gasteiger partial charge in [-0.15, -0.1) is 0 Å². The topological polar surface area (TPSA) is 87.7 Å². The Morgan fingerprint density at radius 1 is 1.26 bits per heavy atom. The van der Waals surface area contributed by atoms with Crippen molar-refractivity contribution in [1.82, 2.24) is 5.32 Å². The number of anilines is 1. The number of hydrogen-bond donors (Lipinski definition) is 3. The van der Waals surface area contributed by atoms with Gasteiger partial charge in [-0.25, -0.2) is 18.4 Å². The number of carbonyl (C=O) groups is 2. The predicted octanol–water partition coefficient (Wildman–Crippen LogP) is 2.99. The van der Waals surface area contributed by atoms with E-state index in [9.17, 15) is 18.4 Å². The van der Waals surface area contributed by atoms with Crippen LogP contribution in [0.4, 0.5) is 19.3 Å². The van der Waals surface area contributed by atoms with Gasteiger partial charge in [0.25, 0.3) is 0 Å². The van der Waals surface area contributed by atoms with Crippen molar-refractivity contribution >= 4 is 17.7 Å². The molecule has 0 heterocycles. The Bertz CT molecular complexity index is 600. The van der Waals surface area contributed by atoms with Crippen LogP contribution in [-0.4, -0.2) is 35.4 Å². The van der Waals surface area contributed by atoms with Crippen LogP contribution in [0.1, 0.15) is 38.1 Å². The van der Waals surface area contributed by atoms with Crippen LogP contribution in [0.3, 0.4) is 0 Å². The lowest BCUT2D eigenvalue weighted by Gasteiger charge is -2.21. The van der Waals surface area contributed by atoms with E-state index in [0.29, 0.717) is 6.07 Å². The average Bonchev–Trinajstić information content (AvgIpc) is 2.37. The van der Waals surface area contributed by atoms with Gasteiger partial charge in [0, 0.05) is 18.7 Å². The maximum atomic E-state index is 13.7. The summed E-state index contributed by atoms with van der Waals surface area (Å²) in [7, 11) is 0. The molecule has 8 heteroatoms. The molecule has 6 nitrogen and oxygen atoms in total. The summed E-state index contributed by atoms with van der Waals surface area (Å²) in [5.74, 6) is -3.57. The molecule has 1 aromatic carbocycles.